The van der Waals surface area contributed by atoms with E-state index in [1.165, 1.54) is 17.8 Å². The fourth-order valence-corrected chi connectivity index (χ4v) is 4.64. The molecule has 0 aliphatic heterocycles. The van der Waals surface area contributed by atoms with E-state index in [2.05, 4.69) is 34.4 Å². The third-order valence-corrected chi connectivity index (χ3v) is 6.63. The summed E-state index contributed by atoms with van der Waals surface area (Å²) in [4.78, 5) is 32.6. The van der Waals surface area contributed by atoms with E-state index >= 15 is 0 Å². The van der Waals surface area contributed by atoms with Crippen molar-refractivity contribution in [2.75, 3.05) is 25.4 Å². The van der Waals surface area contributed by atoms with Gasteiger partial charge in [0.25, 0.3) is 0 Å². The maximum atomic E-state index is 12.9. The van der Waals surface area contributed by atoms with Crippen molar-refractivity contribution in [2.24, 2.45) is 11.8 Å². The Morgan fingerprint density at radius 3 is 2.46 bits per heavy atom. The van der Waals surface area contributed by atoms with E-state index in [1.54, 1.807) is 6.20 Å². The van der Waals surface area contributed by atoms with E-state index in [0.29, 0.717) is 24.1 Å². The highest BCUT2D eigenvalue weighted by atomic mass is 32.1. The fourth-order valence-electron chi connectivity index (χ4n) is 4.02. The Kier molecular flexibility index (Phi) is 9.18. The molecule has 2 rings (SSSR count). The first-order valence-electron chi connectivity index (χ1n) is 10.5. The number of nitrogens with zero attached hydrogens (tertiary/aromatic N) is 2. The van der Waals surface area contributed by atoms with Crippen molar-refractivity contribution in [1.82, 2.24) is 20.5 Å². The third kappa shape index (κ3) is 6.44. The lowest BCUT2D eigenvalue weighted by molar-refractivity contribution is -0.129. The second kappa shape index (κ2) is 11.4. The van der Waals surface area contributed by atoms with Gasteiger partial charge in [-0.05, 0) is 38.8 Å². The van der Waals surface area contributed by atoms with E-state index < -0.39 is 0 Å². The largest absolute Gasteiger partial charge is 0.375 e. The zero-order chi connectivity index (χ0) is 20.5. The number of hydrogen-bond donors (Lipinski definition) is 3. The monoisotopic (exact) mass is 409 g/mol. The molecule has 1 heterocycles. The number of thiazole rings is 1. The van der Waals surface area contributed by atoms with Crippen LogP contribution in [0.1, 0.15) is 57.8 Å². The van der Waals surface area contributed by atoms with E-state index in [9.17, 15) is 9.59 Å². The van der Waals surface area contributed by atoms with Crippen LogP contribution in [0.25, 0.3) is 0 Å². The molecule has 1 aromatic heterocycles. The summed E-state index contributed by atoms with van der Waals surface area (Å²) in [5.74, 6) is 0.130. The summed E-state index contributed by atoms with van der Waals surface area (Å²) in [5.41, 5.74) is 5.66. The molecule has 1 aliphatic rings. The zero-order valence-corrected chi connectivity index (χ0v) is 18.2. The highest BCUT2D eigenvalue weighted by molar-refractivity contribution is 7.15. The van der Waals surface area contributed by atoms with E-state index in [1.807, 2.05) is 6.92 Å². The van der Waals surface area contributed by atoms with Crippen LogP contribution in [-0.2, 0) is 16.1 Å². The number of carbonyl (C=O) groups excluding carboxylic acids is 2. The van der Waals surface area contributed by atoms with Crippen molar-refractivity contribution in [2.45, 2.75) is 65.5 Å². The van der Waals surface area contributed by atoms with E-state index in [0.717, 1.165) is 43.6 Å². The minimum Gasteiger partial charge on any atom is -0.375 e. The van der Waals surface area contributed by atoms with Crippen LogP contribution in [0.5, 0.6) is 0 Å². The van der Waals surface area contributed by atoms with Crippen molar-refractivity contribution >= 4 is 28.3 Å². The first-order chi connectivity index (χ1) is 13.5. The maximum Gasteiger partial charge on any atom is 0.237 e. The molecule has 0 aromatic carbocycles. The summed E-state index contributed by atoms with van der Waals surface area (Å²) in [6, 6.07) is -0.190. The first-order valence-corrected chi connectivity index (χ1v) is 11.3. The molecular weight excluding hydrogens is 374 g/mol. The van der Waals surface area contributed by atoms with Crippen LogP contribution in [0.2, 0.25) is 0 Å². The molecule has 0 radical (unpaired) electrons. The van der Waals surface area contributed by atoms with Crippen LogP contribution in [0, 0.1) is 11.8 Å². The standard InChI is InChI=1S/C20H35N5O2S/c1-4-25(5-2)14(3)18(26)23-13-17(15-9-7-6-8-10-15)19(27)22-11-16-12-24-20(21)28-16/h12,14-15,17H,4-11,13H2,1-3H3,(H2,21,24)(H,22,27)(H,23,26)/t14-,17-/m0/s1. The second-order valence-corrected chi connectivity index (χ2v) is 8.68. The van der Waals surface area contributed by atoms with Gasteiger partial charge in [0.1, 0.15) is 0 Å². The molecule has 4 N–H and O–H groups in total. The Morgan fingerprint density at radius 2 is 1.89 bits per heavy atom. The second-order valence-electron chi connectivity index (χ2n) is 7.53. The van der Waals surface area contributed by atoms with Crippen LogP contribution in [0.15, 0.2) is 6.20 Å². The lowest BCUT2D eigenvalue weighted by atomic mass is 9.79. The predicted octanol–water partition coefficient (Wildman–Crippen LogP) is 2.38. The average molecular weight is 410 g/mol. The SMILES string of the molecule is CCN(CC)[C@@H](C)C(=O)NC[C@H](C(=O)NCc1cnc(N)s1)C1CCCCC1. The maximum absolute atomic E-state index is 12.9. The normalized spacial score (nSPS) is 17.3. The van der Waals surface area contributed by atoms with Crippen LogP contribution >= 0.6 is 11.3 Å². The van der Waals surface area contributed by atoms with Crippen LogP contribution in [0.4, 0.5) is 5.13 Å². The summed E-state index contributed by atoms with van der Waals surface area (Å²) in [5, 5.41) is 6.57. The van der Waals surface area contributed by atoms with Crippen LogP contribution in [-0.4, -0.2) is 47.4 Å². The van der Waals surface area contributed by atoms with Gasteiger partial charge in [-0.15, -0.1) is 11.3 Å². The van der Waals surface area contributed by atoms with Gasteiger partial charge in [-0.3, -0.25) is 14.5 Å². The van der Waals surface area contributed by atoms with Gasteiger partial charge in [-0.2, -0.15) is 0 Å². The van der Waals surface area contributed by atoms with Gasteiger partial charge in [0.2, 0.25) is 11.8 Å². The first kappa shape index (κ1) is 22.6. The molecule has 1 aliphatic carbocycles. The van der Waals surface area contributed by atoms with Gasteiger partial charge in [0, 0.05) is 17.6 Å². The summed E-state index contributed by atoms with van der Waals surface area (Å²) >= 11 is 1.38. The van der Waals surface area contributed by atoms with E-state index in [4.69, 9.17) is 5.73 Å². The predicted molar refractivity (Wildman–Crippen MR) is 114 cm³/mol. The van der Waals surface area contributed by atoms with Crippen LogP contribution < -0.4 is 16.4 Å². The Balaban J connectivity index is 1.96. The summed E-state index contributed by atoms with van der Waals surface area (Å²) in [6.07, 6.45) is 7.34. The number of aromatic nitrogens is 1. The smallest absolute Gasteiger partial charge is 0.237 e. The quantitative estimate of drug-likeness (QED) is 0.551. The Bertz CT molecular complexity index is 626. The summed E-state index contributed by atoms with van der Waals surface area (Å²) in [6.45, 7) is 8.51. The van der Waals surface area contributed by atoms with Crippen molar-refractivity contribution in [1.29, 1.82) is 0 Å². The molecule has 0 bridgehead atoms. The molecule has 1 saturated carbocycles. The highest BCUT2D eigenvalue weighted by Crippen LogP contribution is 2.30. The lowest BCUT2D eigenvalue weighted by Gasteiger charge is -2.31. The van der Waals surface area contributed by atoms with Gasteiger partial charge >= 0.3 is 0 Å². The zero-order valence-electron chi connectivity index (χ0n) is 17.4. The highest BCUT2D eigenvalue weighted by Gasteiger charge is 2.30. The number of amides is 2. The molecule has 2 atom stereocenters. The Hall–Kier alpha value is -1.67. The number of nitrogens with two attached hydrogens (primary N) is 1. The molecular formula is C20H35N5O2S. The number of anilines is 1. The topological polar surface area (TPSA) is 100 Å². The van der Waals surface area contributed by atoms with Crippen molar-refractivity contribution in [3.05, 3.63) is 11.1 Å². The van der Waals surface area contributed by atoms with E-state index in [-0.39, 0.29) is 23.8 Å². The molecule has 1 fully saturated rings. The molecule has 0 unspecified atom stereocenters. The van der Waals surface area contributed by atoms with Crippen molar-refractivity contribution in [3.8, 4) is 0 Å². The number of hydrogen-bond acceptors (Lipinski definition) is 6. The number of likely N-dealkylation sites (N-methyl/N-ethyl adjacent to an activating group) is 1. The van der Waals surface area contributed by atoms with Gasteiger partial charge in [-0.25, -0.2) is 4.98 Å². The van der Waals surface area contributed by atoms with Gasteiger partial charge in [-0.1, -0.05) is 33.1 Å². The number of nitrogens with one attached hydrogen (secondary N) is 2. The number of rotatable bonds is 10. The third-order valence-electron chi connectivity index (χ3n) is 5.80. The lowest BCUT2D eigenvalue weighted by Crippen LogP contribution is -2.49. The molecule has 158 valence electrons. The number of nitrogen functional groups attached to an aromatic ring is 1. The van der Waals surface area contributed by atoms with Gasteiger partial charge in [0.05, 0.1) is 18.5 Å². The van der Waals surface area contributed by atoms with Crippen molar-refractivity contribution < 1.29 is 9.59 Å². The minimum atomic E-state index is -0.196. The number of carbonyl (C=O) groups is 2. The molecule has 0 spiro atoms. The summed E-state index contributed by atoms with van der Waals surface area (Å²) in [7, 11) is 0. The minimum absolute atomic E-state index is 0.00691. The average Bonchev–Trinajstić information content (AvgIpc) is 3.13. The fraction of sp³-hybridized carbons (Fsp3) is 0.750. The van der Waals surface area contributed by atoms with Gasteiger partial charge < -0.3 is 16.4 Å². The van der Waals surface area contributed by atoms with Crippen LogP contribution in [0.3, 0.4) is 0 Å². The Morgan fingerprint density at radius 1 is 1.21 bits per heavy atom. The summed E-state index contributed by atoms with van der Waals surface area (Å²) < 4.78 is 0. The molecule has 2 amide bonds. The Labute approximate surface area is 172 Å². The molecule has 1 aromatic rings. The van der Waals surface area contributed by atoms with Crippen molar-refractivity contribution in [3.63, 3.8) is 0 Å². The molecule has 28 heavy (non-hydrogen) atoms. The molecule has 7 nitrogen and oxygen atoms in total. The molecule has 8 heteroatoms. The van der Waals surface area contributed by atoms with Gasteiger partial charge in [0.15, 0.2) is 5.13 Å². The molecule has 0 saturated heterocycles.